The fourth-order valence-corrected chi connectivity index (χ4v) is 2.79. The van der Waals surface area contributed by atoms with Gasteiger partial charge in [-0.25, -0.2) is 8.42 Å². The normalized spacial score (nSPS) is 12.9. The quantitative estimate of drug-likeness (QED) is 0.650. The third-order valence-electron chi connectivity index (χ3n) is 2.70. The van der Waals surface area contributed by atoms with E-state index >= 15 is 0 Å². The van der Waals surface area contributed by atoms with Crippen LogP contribution in [0.25, 0.3) is 0 Å². The van der Waals surface area contributed by atoms with Gasteiger partial charge in [0.25, 0.3) is 0 Å². The molecule has 0 unspecified atom stereocenters. The predicted molar refractivity (Wildman–Crippen MR) is 75.1 cm³/mol. The SMILES string of the molecule is CCCCCS(=O)(=O)CCNCCC(C)(C)C. The van der Waals surface area contributed by atoms with Gasteiger partial charge in [0.1, 0.15) is 0 Å². The minimum atomic E-state index is -2.83. The van der Waals surface area contributed by atoms with Crippen LogP contribution < -0.4 is 5.32 Å². The first-order chi connectivity index (χ1) is 7.77. The highest BCUT2D eigenvalue weighted by Crippen LogP contribution is 2.16. The van der Waals surface area contributed by atoms with Crippen LogP contribution in [-0.2, 0) is 9.84 Å². The minimum Gasteiger partial charge on any atom is -0.316 e. The lowest BCUT2D eigenvalue weighted by Crippen LogP contribution is -2.27. The summed E-state index contributed by atoms with van der Waals surface area (Å²) in [6.45, 7) is 10.1. The Bertz CT molecular complexity index is 278. The van der Waals surface area contributed by atoms with Crippen molar-refractivity contribution in [2.45, 2.75) is 53.4 Å². The molecule has 0 saturated heterocycles. The number of hydrogen-bond donors (Lipinski definition) is 1. The molecule has 0 aromatic heterocycles. The fourth-order valence-electron chi connectivity index (χ4n) is 1.49. The number of unbranched alkanes of at least 4 members (excludes halogenated alkanes) is 2. The summed E-state index contributed by atoms with van der Waals surface area (Å²) in [7, 11) is -2.83. The number of nitrogens with one attached hydrogen (secondary N) is 1. The van der Waals surface area contributed by atoms with Crippen molar-refractivity contribution in [1.29, 1.82) is 0 Å². The third kappa shape index (κ3) is 12.2. The van der Waals surface area contributed by atoms with Gasteiger partial charge in [-0.1, -0.05) is 40.5 Å². The van der Waals surface area contributed by atoms with Crippen LogP contribution in [0.1, 0.15) is 53.4 Å². The zero-order chi connectivity index (χ0) is 13.4. The van der Waals surface area contributed by atoms with Gasteiger partial charge in [-0.05, 0) is 24.8 Å². The van der Waals surface area contributed by atoms with Gasteiger partial charge < -0.3 is 5.32 Å². The molecule has 1 N–H and O–H groups in total. The van der Waals surface area contributed by atoms with E-state index in [1.807, 2.05) is 0 Å². The summed E-state index contributed by atoms with van der Waals surface area (Å²) in [5.74, 6) is 0.628. The van der Waals surface area contributed by atoms with Crippen LogP contribution >= 0.6 is 0 Å². The van der Waals surface area contributed by atoms with Crippen LogP contribution in [0.3, 0.4) is 0 Å². The molecule has 0 aliphatic rings. The standard InChI is InChI=1S/C13H29NO2S/c1-5-6-7-11-17(15,16)12-10-14-9-8-13(2,3)4/h14H,5-12H2,1-4H3. The van der Waals surface area contributed by atoms with E-state index in [2.05, 4.69) is 33.0 Å². The molecule has 0 rings (SSSR count). The van der Waals surface area contributed by atoms with Crippen LogP contribution in [-0.4, -0.2) is 33.0 Å². The second-order valence-electron chi connectivity index (χ2n) is 5.92. The summed E-state index contributed by atoms with van der Waals surface area (Å²) < 4.78 is 23.3. The Labute approximate surface area is 107 Å². The lowest BCUT2D eigenvalue weighted by Gasteiger charge is -2.18. The van der Waals surface area contributed by atoms with Gasteiger partial charge in [0.15, 0.2) is 9.84 Å². The Kier molecular flexibility index (Phi) is 8.05. The molecule has 3 nitrogen and oxygen atoms in total. The van der Waals surface area contributed by atoms with Crippen molar-refractivity contribution in [3.05, 3.63) is 0 Å². The molecule has 0 atom stereocenters. The summed E-state index contributed by atoms with van der Waals surface area (Å²) in [4.78, 5) is 0. The maximum Gasteiger partial charge on any atom is 0.151 e. The number of sulfone groups is 1. The molecule has 0 spiro atoms. The van der Waals surface area contributed by atoms with Crippen molar-refractivity contribution in [2.24, 2.45) is 5.41 Å². The molecular formula is C13H29NO2S. The average molecular weight is 263 g/mol. The first-order valence-electron chi connectivity index (χ1n) is 6.68. The summed E-state index contributed by atoms with van der Waals surface area (Å²) in [6, 6.07) is 0. The molecule has 0 aliphatic carbocycles. The van der Waals surface area contributed by atoms with E-state index in [-0.39, 0.29) is 5.75 Å². The summed E-state index contributed by atoms with van der Waals surface area (Å²) in [5.41, 5.74) is 0.313. The zero-order valence-corrected chi connectivity index (χ0v) is 12.7. The van der Waals surface area contributed by atoms with Crippen LogP contribution in [0.2, 0.25) is 0 Å². The van der Waals surface area contributed by atoms with E-state index in [1.54, 1.807) is 0 Å². The lowest BCUT2D eigenvalue weighted by atomic mass is 9.92. The van der Waals surface area contributed by atoms with Crippen LogP contribution in [0, 0.1) is 5.41 Å². The molecule has 0 aromatic rings. The fraction of sp³-hybridized carbons (Fsp3) is 1.00. The largest absolute Gasteiger partial charge is 0.316 e. The second-order valence-corrected chi connectivity index (χ2v) is 8.22. The highest BCUT2D eigenvalue weighted by Gasteiger charge is 2.11. The molecule has 17 heavy (non-hydrogen) atoms. The average Bonchev–Trinajstić information content (AvgIpc) is 2.15. The number of rotatable bonds is 9. The highest BCUT2D eigenvalue weighted by molar-refractivity contribution is 7.91. The van der Waals surface area contributed by atoms with Gasteiger partial charge in [0.05, 0.1) is 11.5 Å². The van der Waals surface area contributed by atoms with Gasteiger partial charge >= 0.3 is 0 Å². The van der Waals surface area contributed by atoms with Crippen LogP contribution in [0.4, 0.5) is 0 Å². The van der Waals surface area contributed by atoms with Gasteiger partial charge in [0, 0.05) is 6.54 Å². The topological polar surface area (TPSA) is 46.2 Å². The van der Waals surface area contributed by atoms with Crippen molar-refractivity contribution >= 4 is 9.84 Å². The third-order valence-corrected chi connectivity index (χ3v) is 4.44. The van der Waals surface area contributed by atoms with E-state index in [9.17, 15) is 8.42 Å². The summed E-state index contributed by atoms with van der Waals surface area (Å²) in [5, 5.41) is 3.21. The lowest BCUT2D eigenvalue weighted by molar-refractivity contribution is 0.369. The molecule has 0 bridgehead atoms. The zero-order valence-electron chi connectivity index (χ0n) is 11.9. The van der Waals surface area contributed by atoms with E-state index in [0.29, 0.717) is 17.7 Å². The van der Waals surface area contributed by atoms with E-state index in [1.165, 1.54) is 0 Å². The van der Waals surface area contributed by atoms with Crippen molar-refractivity contribution < 1.29 is 8.42 Å². The van der Waals surface area contributed by atoms with E-state index < -0.39 is 9.84 Å². The minimum absolute atomic E-state index is 0.279. The molecule has 4 heteroatoms. The smallest absolute Gasteiger partial charge is 0.151 e. The van der Waals surface area contributed by atoms with E-state index in [4.69, 9.17) is 0 Å². The maximum atomic E-state index is 11.6. The molecule has 0 fully saturated rings. The van der Waals surface area contributed by atoms with Gasteiger partial charge in [0.2, 0.25) is 0 Å². The Hall–Kier alpha value is -0.0900. The Morgan fingerprint density at radius 3 is 2.18 bits per heavy atom. The van der Waals surface area contributed by atoms with Crippen molar-refractivity contribution in [3.8, 4) is 0 Å². The summed E-state index contributed by atoms with van der Waals surface area (Å²) >= 11 is 0. The Balaban J connectivity index is 3.59. The van der Waals surface area contributed by atoms with E-state index in [0.717, 1.165) is 32.2 Å². The highest BCUT2D eigenvalue weighted by atomic mass is 32.2. The first kappa shape index (κ1) is 16.9. The molecule has 0 amide bonds. The summed E-state index contributed by atoms with van der Waals surface area (Å²) in [6.07, 6.45) is 3.96. The maximum absolute atomic E-state index is 11.6. The molecule has 104 valence electrons. The van der Waals surface area contributed by atoms with Gasteiger partial charge in [-0.2, -0.15) is 0 Å². The van der Waals surface area contributed by atoms with Crippen LogP contribution in [0.5, 0.6) is 0 Å². The monoisotopic (exact) mass is 263 g/mol. The molecule has 0 saturated carbocycles. The molecule has 0 aliphatic heterocycles. The molecule has 0 heterocycles. The second kappa shape index (κ2) is 8.09. The van der Waals surface area contributed by atoms with Gasteiger partial charge in [-0.15, -0.1) is 0 Å². The molecule has 0 radical (unpaired) electrons. The Morgan fingerprint density at radius 1 is 1.00 bits per heavy atom. The van der Waals surface area contributed by atoms with Gasteiger partial charge in [-0.3, -0.25) is 0 Å². The van der Waals surface area contributed by atoms with Crippen LogP contribution in [0.15, 0.2) is 0 Å². The predicted octanol–water partition coefficient (Wildman–Crippen LogP) is 2.62. The number of hydrogen-bond acceptors (Lipinski definition) is 3. The van der Waals surface area contributed by atoms with Crippen molar-refractivity contribution in [1.82, 2.24) is 5.32 Å². The molecular weight excluding hydrogens is 234 g/mol. The first-order valence-corrected chi connectivity index (χ1v) is 8.50. The van der Waals surface area contributed by atoms with Crippen molar-refractivity contribution in [3.63, 3.8) is 0 Å². The van der Waals surface area contributed by atoms with Crippen molar-refractivity contribution in [2.75, 3.05) is 24.6 Å². The molecule has 0 aromatic carbocycles. The Morgan fingerprint density at radius 2 is 1.65 bits per heavy atom.